The Morgan fingerprint density at radius 2 is 1.85 bits per heavy atom. The van der Waals surface area contributed by atoms with Crippen molar-refractivity contribution in [2.45, 2.75) is 6.92 Å². The van der Waals surface area contributed by atoms with E-state index in [2.05, 4.69) is 17.2 Å². The smallest absolute Gasteiger partial charge is 0.252 e. The molecular weight excluding hydrogens is 253 g/mol. The highest BCUT2D eigenvalue weighted by molar-refractivity contribution is 5.95. The average molecular weight is 267 g/mol. The molecule has 0 spiro atoms. The molecule has 2 rings (SSSR count). The number of hydrogen-bond donors (Lipinski definition) is 1. The molecule has 1 N–H and O–H groups in total. The van der Waals surface area contributed by atoms with Gasteiger partial charge in [0.05, 0.1) is 12.1 Å². The second kappa shape index (κ2) is 6.53. The molecule has 20 heavy (non-hydrogen) atoms. The summed E-state index contributed by atoms with van der Waals surface area (Å²) in [7, 11) is 0. The van der Waals surface area contributed by atoms with Gasteiger partial charge in [-0.2, -0.15) is 0 Å². The van der Waals surface area contributed by atoms with E-state index in [0.717, 1.165) is 5.56 Å². The summed E-state index contributed by atoms with van der Waals surface area (Å²) in [6.45, 7) is 2.06. The molecule has 0 radical (unpaired) electrons. The van der Waals surface area contributed by atoms with Crippen molar-refractivity contribution in [3.05, 3.63) is 71.0 Å². The molecule has 1 amide bonds. The molecular formula is C17H14FNO. The Bertz CT molecular complexity index is 683. The van der Waals surface area contributed by atoms with Crippen LogP contribution in [0, 0.1) is 24.6 Å². The minimum atomic E-state index is -0.356. The molecule has 2 aromatic carbocycles. The zero-order valence-corrected chi connectivity index (χ0v) is 11.1. The summed E-state index contributed by atoms with van der Waals surface area (Å²) in [5, 5.41) is 2.69. The highest BCUT2D eigenvalue weighted by Crippen LogP contribution is 2.06. The number of carbonyl (C=O) groups is 1. The first-order chi connectivity index (χ1) is 9.68. The van der Waals surface area contributed by atoms with Gasteiger partial charge >= 0.3 is 0 Å². The van der Waals surface area contributed by atoms with Crippen LogP contribution in [0.5, 0.6) is 0 Å². The number of aryl methyl sites for hydroxylation is 1. The van der Waals surface area contributed by atoms with Crippen LogP contribution in [0.2, 0.25) is 0 Å². The van der Waals surface area contributed by atoms with Gasteiger partial charge in [-0.25, -0.2) is 4.39 Å². The third-order valence-corrected chi connectivity index (χ3v) is 2.82. The van der Waals surface area contributed by atoms with Crippen molar-refractivity contribution in [1.82, 2.24) is 5.32 Å². The topological polar surface area (TPSA) is 29.1 Å². The SMILES string of the molecule is Cc1ccccc1C(=O)NCC#Cc1ccccc1F. The van der Waals surface area contributed by atoms with Crippen molar-refractivity contribution in [2.24, 2.45) is 0 Å². The van der Waals surface area contributed by atoms with E-state index in [0.29, 0.717) is 11.1 Å². The van der Waals surface area contributed by atoms with Gasteiger partial charge in [0.2, 0.25) is 0 Å². The minimum absolute atomic E-state index is 0.175. The van der Waals surface area contributed by atoms with Gasteiger partial charge < -0.3 is 5.32 Å². The number of carbonyl (C=O) groups excluding carboxylic acids is 1. The molecule has 0 atom stereocenters. The standard InChI is InChI=1S/C17H14FNO/c1-13-7-2-4-10-15(13)17(20)19-12-6-9-14-8-3-5-11-16(14)18/h2-5,7-8,10-11H,12H2,1H3,(H,19,20). The number of rotatable bonds is 2. The Labute approximate surface area is 117 Å². The number of hydrogen-bond acceptors (Lipinski definition) is 1. The highest BCUT2D eigenvalue weighted by atomic mass is 19.1. The second-order valence-corrected chi connectivity index (χ2v) is 4.28. The fourth-order valence-corrected chi connectivity index (χ4v) is 1.75. The lowest BCUT2D eigenvalue weighted by atomic mass is 10.1. The molecule has 2 aromatic rings. The Balaban J connectivity index is 1.96. The zero-order chi connectivity index (χ0) is 14.4. The lowest BCUT2D eigenvalue weighted by molar-refractivity contribution is 0.0958. The maximum atomic E-state index is 13.3. The lowest BCUT2D eigenvalue weighted by Gasteiger charge is -2.04. The molecule has 0 heterocycles. The molecule has 0 saturated heterocycles. The number of halogens is 1. The fraction of sp³-hybridized carbons (Fsp3) is 0.118. The normalized spacial score (nSPS) is 9.50. The van der Waals surface area contributed by atoms with E-state index in [1.54, 1.807) is 24.3 Å². The molecule has 3 heteroatoms. The van der Waals surface area contributed by atoms with Crippen molar-refractivity contribution in [1.29, 1.82) is 0 Å². The lowest BCUT2D eigenvalue weighted by Crippen LogP contribution is -2.24. The van der Waals surface area contributed by atoms with Crippen LogP contribution >= 0.6 is 0 Å². The van der Waals surface area contributed by atoms with Crippen LogP contribution < -0.4 is 5.32 Å². The minimum Gasteiger partial charge on any atom is -0.341 e. The van der Waals surface area contributed by atoms with Gasteiger partial charge in [-0.3, -0.25) is 4.79 Å². The van der Waals surface area contributed by atoms with Crippen LogP contribution in [0.1, 0.15) is 21.5 Å². The Kier molecular flexibility index (Phi) is 4.52. The Morgan fingerprint density at radius 1 is 1.15 bits per heavy atom. The van der Waals surface area contributed by atoms with Gasteiger partial charge in [0.25, 0.3) is 5.91 Å². The molecule has 0 aliphatic heterocycles. The Hall–Kier alpha value is -2.60. The van der Waals surface area contributed by atoms with E-state index in [1.165, 1.54) is 6.07 Å². The molecule has 0 aliphatic rings. The molecule has 2 nitrogen and oxygen atoms in total. The van der Waals surface area contributed by atoms with Crippen molar-refractivity contribution in [2.75, 3.05) is 6.54 Å². The summed E-state index contributed by atoms with van der Waals surface area (Å²) in [6.07, 6.45) is 0. The van der Waals surface area contributed by atoms with Crippen molar-refractivity contribution in [3.8, 4) is 11.8 Å². The first-order valence-corrected chi connectivity index (χ1v) is 6.25. The van der Waals surface area contributed by atoms with Gasteiger partial charge in [0.15, 0.2) is 0 Å². The van der Waals surface area contributed by atoms with Gasteiger partial charge in [-0.05, 0) is 30.7 Å². The number of amides is 1. The van der Waals surface area contributed by atoms with Crippen molar-refractivity contribution in [3.63, 3.8) is 0 Å². The molecule has 0 aromatic heterocycles. The third kappa shape index (κ3) is 3.46. The van der Waals surface area contributed by atoms with Crippen LogP contribution in [-0.2, 0) is 0 Å². The fourth-order valence-electron chi connectivity index (χ4n) is 1.75. The monoisotopic (exact) mass is 267 g/mol. The molecule has 0 bridgehead atoms. The summed E-state index contributed by atoms with van der Waals surface area (Å²) < 4.78 is 13.3. The quantitative estimate of drug-likeness (QED) is 0.833. The van der Waals surface area contributed by atoms with Crippen LogP contribution in [0.4, 0.5) is 4.39 Å². The van der Waals surface area contributed by atoms with E-state index in [1.807, 2.05) is 25.1 Å². The third-order valence-electron chi connectivity index (χ3n) is 2.82. The van der Waals surface area contributed by atoms with E-state index in [-0.39, 0.29) is 18.3 Å². The van der Waals surface area contributed by atoms with Crippen molar-refractivity contribution < 1.29 is 9.18 Å². The van der Waals surface area contributed by atoms with E-state index in [4.69, 9.17) is 0 Å². The predicted octanol–water partition coefficient (Wildman–Crippen LogP) is 2.92. The molecule has 0 saturated carbocycles. The molecule has 0 aliphatic carbocycles. The van der Waals surface area contributed by atoms with E-state index in [9.17, 15) is 9.18 Å². The zero-order valence-electron chi connectivity index (χ0n) is 11.1. The predicted molar refractivity (Wildman–Crippen MR) is 76.8 cm³/mol. The van der Waals surface area contributed by atoms with Crippen LogP contribution in [-0.4, -0.2) is 12.5 Å². The van der Waals surface area contributed by atoms with Crippen molar-refractivity contribution >= 4 is 5.91 Å². The first-order valence-electron chi connectivity index (χ1n) is 6.25. The van der Waals surface area contributed by atoms with Gasteiger partial charge in [-0.15, -0.1) is 0 Å². The van der Waals surface area contributed by atoms with E-state index < -0.39 is 0 Å². The Morgan fingerprint density at radius 3 is 2.60 bits per heavy atom. The summed E-state index contributed by atoms with van der Waals surface area (Å²) in [5.41, 5.74) is 1.87. The summed E-state index contributed by atoms with van der Waals surface area (Å²) >= 11 is 0. The number of benzene rings is 2. The summed E-state index contributed by atoms with van der Waals surface area (Å²) in [5.74, 6) is 4.90. The van der Waals surface area contributed by atoms with E-state index >= 15 is 0 Å². The highest BCUT2D eigenvalue weighted by Gasteiger charge is 2.05. The first kappa shape index (κ1) is 13.8. The van der Waals surface area contributed by atoms with Gasteiger partial charge in [0.1, 0.15) is 5.82 Å². The largest absolute Gasteiger partial charge is 0.341 e. The summed E-state index contributed by atoms with van der Waals surface area (Å²) in [4.78, 5) is 11.9. The maximum absolute atomic E-state index is 13.3. The molecule has 100 valence electrons. The van der Waals surface area contributed by atoms with Crippen LogP contribution in [0.25, 0.3) is 0 Å². The maximum Gasteiger partial charge on any atom is 0.252 e. The van der Waals surface area contributed by atoms with Crippen LogP contribution in [0.3, 0.4) is 0 Å². The molecule has 0 unspecified atom stereocenters. The number of nitrogens with one attached hydrogen (secondary N) is 1. The van der Waals surface area contributed by atoms with Gasteiger partial charge in [-0.1, -0.05) is 42.2 Å². The second-order valence-electron chi connectivity index (χ2n) is 4.28. The average Bonchev–Trinajstić information content (AvgIpc) is 2.45. The summed E-state index contributed by atoms with van der Waals surface area (Å²) in [6, 6.07) is 13.6. The van der Waals surface area contributed by atoms with Gasteiger partial charge in [0, 0.05) is 5.56 Å². The van der Waals surface area contributed by atoms with Crippen LogP contribution in [0.15, 0.2) is 48.5 Å². The molecule has 0 fully saturated rings.